The molecule has 1 amide bonds. The number of ketones is 1. The van der Waals surface area contributed by atoms with Crippen LogP contribution in [0.4, 0.5) is 10.1 Å². The molecule has 0 atom stereocenters. The van der Waals surface area contributed by atoms with Crippen molar-refractivity contribution in [3.63, 3.8) is 0 Å². The lowest BCUT2D eigenvalue weighted by atomic mass is 10.1. The minimum Gasteiger partial charge on any atom is -0.326 e. The number of amides is 1. The zero-order valence-electron chi connectivity index (χ0n) is 14.7. The number of carbonyl (C=O) groups is 2. The first-order valence-corrected chi connectivity index (χ1v) is 9.13. The first-order valence-electron chi connectivity index (χ1n) is 8.15. The number of anilines is 1. The maximum atomic E-state index is 14.1. The molecule has 138 valence electrons. The second kappa shape index (κ2) is 8.13. The molecule has 0 aliphatic rings. The van der Waals surface area contributed by atoms with Gasteiger partial charge in [0.1, 0.15) is 5.82 Å². The SMILES string of the molecule is CC(=O)Nc1ccc(C(=O)CSc2n[nH]c(-c3ccc(C)cc3)n2)c(F)c1. The third-order valence-corrected chi connectivity index (χ3v) is 4.56. The molecule has 8 heteroatoms. The Hall–Kier alpha value is -3.00. The monoisotopic (exact) mass is 384 g/mol. The van der Waals surface area contributed by atoms with E-state index in [1.807, 2.05) is 31.2 Å². The van der Waals surface area contributed by atoms with Crippen molar-refractivity contribution >= 4 is 29.1 Å². The van der Waals surface area contributed by atoms with Crippen LogP contribution in [-0.2, 0) is 4.79 Å². The number of aryl methyl sites for hydroxylation is 1. The number of thioether (sulfide) groups is 1. The summed E-state index contributed by atoms with van der Waals surface area (Å²) in [6, 6.07) is 11.8. The summed E-state index contributed by atoms with van der Waals surface area (Å²) < 4.78 is 14.1. The number of nitrogens with one attached hydrogen (secondary N) is 2. The third kappa shape index (κ3) is 4.79. The number of halogens is 1. The Morgan fingerprint density at radius 1 is 1.19 bits per heavy atom. The Kier molecular flexibility index (Phi) is 5.66. The molecule has 0 saturated heterocycles. The average molecular weight is 384 g/mol. The molecule has 3 aromatic rings. The Morgan fingerprint density at radius 3 is 2.59 bits per heavy atom. The van der Waals surface area contributed by atoms with E-state index in [0.29, 0.717) is 16.7 Å². The fourth-order valence-corrected chi connectivity index (χ4v) is 3.06. The highest BCUT2D eigenvalue weighted by atomic mass is 32.2. The van der Waals surface area contributed by atoms with Gasteiger partial charge in [0.2, 0.25) is 11.1 Å². The van der Waals surface area contributed by atoms with Gasteiger partial charge < -0.3 is 5.32 Å². The van der Waals surface area contributed by atoms with Crippen molar-refractivity contribution in [2.75, 3.05) is 11.1 Å². The average Bonchev–Trinajstić information content (AvgIpc) is 3.09. The number of nitrogens with zero attached hydrogens (tertiary/aromatic N) is 2. The van der Waals surface area contributed by atoms with Crippen LogP contribution in [0.2, 0.25) is 0 Å². The lowest BCUT2D eigenvalue weighted by Crippen LogP contribution is -2.09. The molecule has 0 unspecified atom stereocenters. The fraction of sp³-hybridized carbons (Fsp3) is 0.158. The highest BCUT2D eigenvalue weighted by Gasteiger charge is 2.15. The smallest absolute Gasteiger partial charge is 0.221 e. The highest BCUT2D eigenvalue weighted by molar-refractivity contribution is 7.99. The summed E-state index contributed by atoms with van der Waals surface area (Å²) in [6.07, 6.45) is 0. The summed E-state index contributed by atoms with van der Waals surface area (Å²) >= 11 is 1.13. The lowest BCUT2D eigenvalue weighted by Gasteiger charge is -2.05. The second-order valence-electron chi connectivity index (χ2n) is 5.92. The van der Waals surface area contributed by atoms with Gasteiger partial charge in [0.15, 0.2) is 11.6 Å². The molecular formula is C19H17FN4O2S. The van der Waals surface area contributed by atoms with Crippen LogP contribution in [0.1, 0.15) is 22.8 Å². The Morgan fingerprint density at radius 2 is 1.93 bits per heavy atom. The number of aromatic nitrogens is 3. The summed E-state index contributed by atoms with van der Waals surface area (Å²) in [5.41, 5.74) is 2.31. The zero-order chi connectivity index (χ0) is 19.4. The topological polar surface area (TPSA) is 87.7 Å². The molecule has 27 heavy (non-hydrogen) atoms. The van der Waals surface area contributed by atoms with E-state index in [4.69, 9.17) is 0 Å². The molecule has 6 nitrogen and oxygen atoms in total. The third-order valence-electron chi connectivity index (χ3n) is 3.71. The summed E-state index contributed by atoms with van der Waals surface area (Å²) in [6.45, 7) is 3.33. The molecule has 1 heterocycles. The van der Waals surface area contributed by atoms with Gasteiger partial charge in [-0.3, -0.25) is 14.7 Å². The van der Waals surface area contributed by atoms with Crippen LogP contribution in [0.3, 0.4) is 0 Å². The van der Waals surface area contributed by atoms with Gasteiger partial charge in [-0.1, -0.05) is 41.6 Å². The first-order chi connectivity index (χ1) is 12.9. The molecule has 0 fully saturated rings. The molecular weight excluding hydrogens is 367 g/mol. The number of Topliss-reactive ketones (excluding diaryl/α,β-unsaturated/α-hetero) is 1. The van der Waals surface area contributed by atoms with Crippen molar-refractivity contribution in [3.05, 3.63) is 59.4 Å². The number of H-pyrrole nitrogens is 1. The van der Waals surface area contributed by atoms with Gasteiger partial charge in [-0.2, -0.15) is 0 Å². The van der Waals surface area contributed by atoms with Crippen molar-refractivity contribution in [1.82, 2.24) is 15.2 Å². The maximum Gasteiger partial charge on any atom is 0.221 e. The molecule has 1 aromatic heterocycles. The maximum absolute atomic E-state index is 14.1. The number of carbonyl (C=O) groups excluding carboxylic acids is 2. The molecule has 0 aliphatic heterocycles. The Labute approximate surface area is 159 Å². The van der Waals surface area contributed by atoms with Crippen molar-refractivity contribution < 1.29 is 14.0 Å². The highest BCUT2D eigenvalue weighted by Crippen LogP contribution is 2.22. The molecule has 3 rings (SSSR count). The first kappa shape index (κ1) is 18.8. The summed E-state index contributed by atoms with van der Waals surface area (Å²) in [5, 5.41) is 9.80. The summed E-state index contributed by atoms with van der Waals surface area (Å²) in [5.74, 6) is -0.758. The van der Waals surface area contributed by atoms with Gasteiger partial charge >= 0.3 is 0 Å². The minimum atomic E-state index is -0.679. The van der Waals surface area contributed by atoms with Gasteiger partial charge in [-0.15, -0.1) is 5.10 Å². The van der Waals surface area contributed by atoms with E-state index < -0.39 is 5.82 Å². The van der Waals surface area contributed by atoms with Crippen LogP contribution in [0, 0.1) is 12.7 Å². The second-order valence-corrected chi connectivity index (χ2v) is 6.86. The molecule has 0 spiro atoms. The van der Waals surface area contributed by atoms with E-state index in [9.17, 15) is 14.0 Å². The van der Waals surface area contributed by atoms with Crippen LogP contribution in [0.25, 0.3) is 11.4 Å². The predicted octanol–water partition coefficient (Wildman–Crippen LogP) is 3.85. The predicted molar refractivity (Wildman–Crippen MR) is 102 cm³/mol. The molecule has 0 aliphatic carbocycles. The van der Waals surface area contributed by atoms with E-state index in [1.54, 1.807) is 0 Å². The molecule has 2 N–H and O–H groups in total. The van der Waals surface area contributed by atoms with E-state index in [2.05, 4.69) is 20.5 Å². The lowest BCUT2D eigenvalue weighted by molar-refractivity contribution is -0.114. The van der Waals surface area contributed by atoms with Gasteiger partial charge in [-0.25, -0.2) is 9.37 Å². The fourth-order valence-electron chi connectivity index (χ4n) is 2.38. The Bertz CT molecular complexity index is 986. The van der Waals surface area contributed by atoms with Gasteiger partial charge in [0.25, 0.3) is 0 Å². The van der Waals surface area contributed by atoms with E-state index >= 15 is 0 Å². The molecule has 0 saturated carbocycles. The van der Waals surface area contributed by atoms with Gasteiger partial charge in [-0.05, 0) is 25.1 Å². The van der Waals surface area contributed by atoms with Crippen LogP contribution >= 0.6 is 11.8 Å². The zero-order valence-corrected chi connectivity index (χ0v) is 15.6. The molecule has 0 radical (unpaired) electrons. The van der Waals surface area contributed by atoms with Crippen molar-refractivity contribution in [1.29, 1.82) is 0 Å². The van der Waals surface area contributed by atoms with Crippen LogP contribution < -0.4 is 5.32 Å². The Balaban J connectivity index is 1.64. The van der Waals surface area contributed by atoms with Crippen LogP contribution in [-0.4, -0.2) is 32.6 Å². The van der Waals surface area contributed by atoms with Crippen LogP contribution in [0.5, 0.6) is 0 Å². The standard InChI is InChI=1S/C19H17FN4O2S/c1-11-3-5-13(6-4-11)18-22-19(24-23-18)27-10-17(26)15-8-7-14(9-16(15)20)21-12(2)25/h3-9H,10H2,1-2H3,(H,21,25)(H,22,23,24). The van der Waals surface area contributed by atoms with E-state index in [-0.39, 0.29) is 23.0 Å². The van der Waals surface area contributed by atoms with E-state index in [1.165, 1.54) is 19.1 Å². The molecule has 0 bridgehead atoms. The number of benzene rings is 2. The largest absolute Gasteiger partial charge is 0.326 e. The van der Waals surface area contributed by atoms with Gasteiger partial charge in [0.05, 0.1) is 11.3 Å². The molecule has 2 aromatic carbocycles. The normalized spacial score (nSPS) is 10.6. The minimum absolute atomic E-state index is 0.00158. The van der Waals surface area contributed by atoms with Gasteiger partial charge in [0, 0.05) is 18.2 Å². The number of hydrogen-bond acceptors (Lipinski definition) is 5. The van der Waals surface area contributed by atoms with E-state index in [0.717, 1.165) is 29.0 Å². The summed E-state index contributed by atoms with van der Waals surface area (Å²) in [7, 11) is 0. The van der Waals surface area contributed by atoms with Crippen molar-refractivity contribution in [2.45, 2.75) is 19.0 Å². The van der Waals surface area contributed by atoms with Crippen LogP contribution in [0.15, 0.2) is 47.6 Å². The number of rotatable bonds is 6. The number of aromatic amines is 1. The van der Waals surface area contributed by atoms with Crippen molar-refractivity contribution in [3.8, 4) is 11.4 Å². The number of hydrogen-bond donors (Lipinski definition) is 2. The quantitative estimate of drug-likeness (QED) is 0.498. The summed E-state index contributed by atoms with van der Waals surface area (Å²) in [4.78, 5) is 27.6. The van der Waals surface area contributed by atoms with Crippen molar-refractivity contribution in [2.24, 2.45) is 0 Å².